The molecule has 0 aliphatic rings. The predicted octanol–water partition coefficient (Wildman–Crippen LogP) is 1.81. The molecular weight excluding hydrogens is 120 g/mol. The third-order valence-electron chi connectivity index (χ3n) is 1.00. The van der Waals surface area contributed by atoms with Crippen LogP contribution in [-0.4, -0.2) is 10.0 Å². The summed E-state index contributed by atoms with van der Waals surface area (Å²) in [6.45, 7) is 3.81. The van der Waals surface area contributed by atoms with Gasteiger partial charge < -0.3 is 5.11 Å². The van der Waals surface area contributed by atoms with Crippen molar-refractivity contribution in [2.45, 2.75) is 38.0 Å². The summed E-state index contributed by atoms with van der Waals surface area (Å²) in [5.41, 5.74) is 0. The number of aliphatic hydroxyl groups is 1. The zero-order valence-corrected chi connectivity index (χ0v) is 6.41. The van der Waals surface area contributed by atoms with Crippen LogP contribution in [0.25, 0.3) is 0 Å². The molecule has 0 rings (SSSR count). The van der Waals surface area contributed by atoms with Gasteiger partial charge in [0.2, 0.25) is 0 Å². The van der Waals surface area contributed by atoms with Crippen LogP contribution in [-0.2, 0) is 0 Å². The average molecular weight is 134 g/mol. The van der Waals surface area contributed by atoms with Crippen molar-refractivity contribution in [1.29, 1.82) is 0 Å². The summed E-state index contributed by atoms with van der Waals surface area (Å²) in [5, 5.41) is 9.01. The Morgan fingerprint density at radius 2 is 2.12 bits per heavy atom. The molecule has 2 heteroatoms. The van der Waals surface area contributed by atoms with Crippen molar-refractivity contribution in [2.24, 2.45) is 0 Å². The SMILES string of the molecule is CCCCC(C)(O)S. The topological polar surface area (TPSA) is 20.2 Å². The molecule has 0 saturated carbocycles. The van der Waals surface area contributed by atoms with Crippen molar-refractivity contribution in [3.8, 4) is 0 Å². The van der Waals surface area contributed by atoms with E-state index in [1.807, 2.05) is 0 Å². The van der Waals surface area contributed by atoms with E-state index < -0.39 is 4.93 Å². The van der Waals surface area contributed by atoms with Gasteiger partial charge in [-0.2, -0.15) is 0 Å². The van der Waals surface area contributed by atoms with E-state index in [2.05, 4.69) is 19.6 Å². The minimum absolute atomic E-state index is 0.754. The first-order valence-electron chi connectivity index (χ1n) is 3.01. The van der Waals surface area contributed by atoms with Crippen LogP contribution in [0.5, 0.6) is 0 Å². The second-order valence-electron chi connectivity index (χ2n) is 2.32. The molecule has 0 aliphatic heterocycles. The molecule has 0 fully saturated rings. The first-order chi connectivity index (χ1) is 3.56. The van der Waals surface area contributed by atoms with E-state index in [-0.39, 0.29) is 0 Å². The van der Waals surface area contributed by atoms with Crippen molar-refractivity contribution < 1.29 is 5.11 Å². The maximum atomic E-state index is 9.01. The van der Waals surface area contributed by atoms with Crippen LogP contribution in [0.2, 0.25) is 0 Å². The van der Waals surface area contributed by atoms with Crippen molar-refractivity contribution in [3.05, 3.63) is 0 Å². The van der Waals surface area contributed by atoms with Crippen LogP contribution in [0.1, 0.15) is 33.1 Å². The van der Waals surface area contributed by atoms with Crippen molar-refractivity contribution in [2.75, 3.05) is 0 Å². The van der Waals surface area contributed by atoms with Crippen molar-refractivity contribution >= 4 is 12.6 Å². The second kappa shape index (κ2) is 3.36. The van der Waals surface area contributed by atoms with Gasteiger partial charge in [-0.25, -0.2) is 0 Å². The van der Waals surface area contributed by atoms with E-state index >= 15 is 0 Å². The Balaban J connectivity index is 3.11. The van der Waals surface area contributed by atoms with Gasteiger partial charge in [-0.05, 0) is 13.3 Å². The first-order valence-corrected chi connectivity index (χ1v) is 3.46. The normalized spacial score (nSPS) is 18.0. The zero-order chi connectivity index (χ0) is 6.62. The molecule has 0 aromatic carbocycles. The van der Waals surface area contributed by atoms with Crippen LogP contribution >= 0.6 is 12.6 Å². The van der Waals surface area contributed by atoms with Crippen LogP contribution in [0.3, 0.4) is 0 Å². The van der Waals surface area contributed by atoms with Crippen LogP contribution < -0.4 is 0 Å². The lowest BCUT2D eigenvalue weighted by Crippen LogP contribution is -2.13. The number of thiol groups is 1. The van der Waals surface area contributed by atoms with Crippen LogP contribution in [0.15, 0.2) is 0 Å². The fourth-order valence-corrected chi connectivity index (χ4v) is 0.670. The summed E-state index contributed by atoms with van der Waals surface area (Å²) in [6, 6.07) is 0. The molecule has 0 radical (unpaired) electrons. The lowest BCUT2D eigenvalue weighted by atomic mass is 10.2. The van der Waals surface area contributed by atoms with Gasteiger partial charge >= 0.3 is 0 Å². The highest BCUT2D eigenvalue weighted by Gasteiger charge is 2.10. The Bertz CT molecular complexity index is 56.0. The molecule has 0 bridgehead atoms. The Morgan fingerprint density at radius 1 is 1.62 bits per heavy atom. The number of hydrogen-bond acceptors (Lipinski definition) is 2. The Hall–Kier alpha value is 0.310. The zero-order valence-electron chi connectivity index (χ0n) is 5.52. The lowest BCUT2D eigenvalue weighted by Gasteiger charge is -2.14. The quantitative estimate of drug-likeness (QED) is 0.445. The highest BCUT2D eigenvalue weighted by atomic mass is 32.1. The fraction of sp³-hybridized carbons (Fsp3) is 1.00. The highest BCUT2D eigenvalue weighted by molar-refractivity contribution is 7.81. The molecule has 1 unspecified atom stereocenters. The summed E-state index contributed by atoms with van der Waals surface area (Å²) >= 11 is 3.94. The average Bonchev–Trinajstić information content (AvgIpc) is 1.59. The highest BCUT2D eigenvalue weighted by Crippen LogP contribution is 2.16. The molecule has 0 amide bonds. The van der Waals surface area contributed by atoms with Gasteiger partial charge in [-0.15, -0.1) is 12.6 Å². The largest absolute Gasteiger partial charge is 0.380 e. The molecule has 1 atom stereocenters. The number of hydrogen-bond donors (Lipinski definition) is 2. The van der Waals surface area contributed by atoms with E-state index in [1.54, 1.807) is 6.92 Å². The van der Waals surface area contributed by atoms with Crippen LogP contribution in [0, 0.1) is 0 Å². The Morgan fingerprint density at radius 3 is 2.25 bits per heavy atom. The molecule has 0 spiro atoms. The molecule has 0 heterocycles. The lowest BCUT2D eigenvalue weighted by molar-refractivity contribution is 0.147. The number of unbranched alkanes of at least 4 members (excludes halogenated alkanes) is 1. The second-order valence-corrected chi connectivity index (χ2v) is 3.28. The number of rotatable bonds is 3. The van der Waals surface area contributed by atoms with E-state index in [0.717, 1.165) is 19.3 Å². The minimum atomic E-state index is -0.754. The van der Waals surface area contributed by atoms with Gasteiger partial charge in [0.05, 0.1) is 0 Å². The van der Waals surface area contributed by atoms with Crippen molar-refractivity contribution in [1.82, 2.24) is 0 Å². The monoisotopic (exact) mass is 134 g/mol. The van der Waals surface area contributed by atoms with Gasteiger partial charge in [0.25, 0.3) is 0 Å². The molecule has 50 valence electrons. The third kappa shape index (κ3) is 6.31. The maximum Gasteiger partial charge on any atom is 0.104 e. The Labute approximate surface area is 56.5 Å². The molecule has 0 aromatic heterocycles. The fourth-order valence-electron chi connectivity index (χ4n) is 0.512. The van der Waals surface area contributed by atoms with Gasteiger partial charge in [0.15, 0.2) is 0 Å². The van der Waals surface area contributed by atoms with Crippen LogP contribution in [0.4, 0.5) is 0 Å². The van der Waals surface area contributed by atoms with Gasteiger partial charge in [0.1, 0.15) is 4.93 Å². The van der Waals surface area contributed by atoms with Gasteiger partial charge in [-0.1, -0.05) is 19.8 Å². The first kappa shape index (κ1) is 8.31. The van der Waals surface area contributed by atoms with E-state index in [1.165, 1.54) is 0 Å². The minimum Gasteiger partial charge on any atom is -0.380 e. The van der Waals surface area contributed by atoms with Crippen molar-refractivity contribution in [3.63, 3.8) is 0 Å². The molecule has 1 N–H and O–H groups in total. The summed E-state index contributed by atoms with van der Waals surface area (Å²) in [7, 11) is 0. The molecule has 0 aliphatic carbocycles. The molecular formula is C6H14OS. The van der Waals surface area contributed by atoms with Gasteiger partial charge in [-0.3, -0.25) is 0 Å². The molecule has 0 aromatic rings. The van der Waals surface area contributed by atoms with E-state index in [9.17, 15) is 0 Å². The summed E-state index contributed by atoms with van der Waals surface area (Å²) in [6.07, 6.45) is 2.96. The summed E-state index contributed by atoms with van der Waals surface area (Å²) in [4.78, 5) is -0.754. The Kier molecular flexibility index (Phi) is 3.49. The predicted molar refractivity (Wildman–Crippen MR) is 39.1 cm³/mol. The van der Waals surface area contributed by atoms with E-state index in [0.29, 0.717) is 0 Å². The molecule has 8 heavy (non-hydrogen) atoms. The molecule has 1 nitrogen and oxygen atoms in total. The third-order valence-corrected chi connectivity index (χ3v) is 1.23. The van der Waals surface area contributed by atoms with Gasteiger partial charge in [0, 0.05) is 0 Å². The smallest absolute Gasteiger partial charge is 0.104 e. The molecule has 0 saturated heterocycles. The maximum absolute atomic E-state index is 9.01. The summed E-state index contributed by atoms with van der Waals surface area (Å²) in [5.74, 6) is 0. The standard InChI is InChI=1S/C6H14OS/c1-3-4-5-6(2,7)8/h7-8H,3-5H2,1-2H3. The van der Waals surface area contributed by atoms with E-state index in [4.69, 9.17) is 5.11 Å². The summed E-state index contributed by atoms with van der Waals surface area (Å²) < 4.78 is 0.